The normalized spacial score (nSPS) is 12.3. The van der Waals surface area contributed by atoms with E-state index in [-0.39, 0.29) is 12.5 Å². The van der Waals surface area contributed by atoms with Gasteiger partial charge in [-0.1, -0.05) is 18.5 Å². The summed E-state index contributed by atoms with van der Waals surface area (Å²) >= 11 is 5.94. The molecule has 0 aliphatic rings. The minimum absolute atomic E-state index is 0.0347. The fourth-order valence-corrected chi connectivity index (χ4v) is 1.64. The first-order chi connectivity index (χ1) is 7.13. The first-order valence-corrected chi connectivity index (χ1v) is 5.04. The summed E-state index contributed by atoms with van der Waals surface area (Å²) in [6.45, 7) is 1.94. The molecule has 1 N–H and O–H groups in total. The summed E-state index contributed by atoms with van der Waals surface area (Å²) in [5.41, 5.74) is 0.851. The number of methoxy groups -OCH3 is 2. The zero-order valence-corrected chi connectivity index (χ0v) is 9.84. The first kappa shape index (κ1) is 12.1. The molecule has 0 aliphatic heterocycles. The van der Waals surface area contributed by atoms with E-state index in [1.54, 1.807) is 26.4 Å². The highest BCUT2D eigenvalue weighted by molar-refractivity contribution is 6.30. The van der Waals surface area contributed by atoms with Crippen molar-refractivity contribution in [3.05, 3.63) is 22.7 Å². The number of ether oxygens (including phenoxy) is 2. The van der Waals surface area contributed by atoms with Gasteiger partial charge in [-0.15, -0.1) is 0 Å². The largest absolute Gasteiger partial charge is 0.493 e. The first-order valence-electron chi connectivity index (χ1n) is 4.66. The average Bonchev–Trinajstić information content (AvgIpc) is 2.26. The van der Waals surface area contributed by atoms with E-state index in [2.05, 4.69) is 0 Å². The van der Waals surface area contributed by atoms with E-state index in [1.165, 1.54) is 0 Å². The fraction of sp³-hybridized carbons (Fsp3) is 0.455. The number of halogens is 1. The summed E-state index contributed by atoms with van der Waals surface area (Å²) in [4.78, 5) is 0. The van der Waals surface area contributed by atoms with Gasteiger partial charge < -0.3 is 14.6 Å². The Bertz CT molecular complexity index is 339. The molecule has 0 aromatic heterocycles. The predicted octanol–water partition coefficient (Wildman–Crippen LogP) is 2.45. The molecule has 84 valence electrons. The van der Waals surface area contributed by atoms with Crippen molar-refractivity contribution in [2.75, 3.05) is 20.8 Å². The molecule has 0 radical (unpaired) electrons. The lowest BCUT2D eigenvalue weighted by Crippen LogP contribution is -2.03. The quantitative estimate of drug-likeness (QED) is 0.864. The minimum Gasteiger partial charge on any atom is -0.493 e. The van der Waals surface area contributed by atoms with Gasteiger partial charge in [0, 0.05) is 29.2 Å². The molecule has 0 heterocycles. The van der Waals surface area contributed by atoms with Gasteiger partial charge in [0.05, 0.1) is 14.2 Å². The summed E-state index contributed by atoms with van der Waals surface area (Å²) in [5, 5.41) is 9.70. The van der Waals surface area contributed by atoms with E-state index in [9.17, 15) is 0 Å². The minimum atomic E-state index is -0.0347. The van der Waals surface area contributed by atoms with Crippen LogP contribution in [0.4, 0.5) is 0 Å². The van der Waals surface area contributed by atoms with Crippen LogP contribution < -0.4 is 9.47 Å². The summed E-state index contributed by atoms with van der Waals surface area (Å²) in [7, 11) is 3.13. The lowest BCUT2D eigenvalue weighted by molar-refractivity contribution is 0.268. The standard InChI is InChI=1S/C11H15ClO3/c1-7(6-13)9-4-8(12)5-10(14-2)11(9)15-3/h4-5,7,13H,6H2,1-3H3. The summed E-state index contributed by atoms with van der Waals surface area (Å²) in [5.74, 6) is 1.18. The topological polar surface area (TPSA) is 38.7 Å². The highest BCUT2D eigenvalue weighted by Crippen LogP contribution is 2.38. The van der Waals surface area contributed by atoms with Crippen LogP contribution in [-0.2, 0) is 0 Å². The van der Waals surface area contributed by atoms with Crippen molar-refractivity contribution < 1.29 is 14.6 Å². The van der Waals surface area contributed by atoms with Crippen LogP contribution in [0, 0.1) is 0 Å². The Hall–Kier alpha value is -0.930. The second-order valence-corrected chi connectivity index (χ2v) is 3.75. The van der Waals surface area contributed by atoms with Gasteiger partial charge in [0.15, 0.2) is 11.5 Å². The van der Waals surface area contributed by atoms with Crippen molar-refractivity contribution in [1.29, 1.82) is 0 Å². The van der Waals surface area contributed by atoms with Gasteiger partial charge in [0.2, 0.25) is 0 Å². The van der Waals surface area contributed by atoms with E-state index >= 15 is 0 Å². The summed E-state index contributed by atoms with van der Waals surface area (Å²) < 4.78 is 10.4. The van der Waals surface area contributed by atoms with Crippen LogP contribution in [0.2, 0.25) is 5.02 Å². The number of aliphatic hydroxyl groups is 1. The predicted molar refractivity (Wildman–Crippen MR) is 60.1 cm³/mol. The van der Waals surface area contributed by atoms with E-state index in [0.29, 0.717) is 16.5 Å². The summed E-state index contributed by atoms with van der Waals surface area (Å²) in [6, 6.07) is 3.47. The Morgan fingerprint density at radius 3 is 2.47 bits per heavy atom. The van der Waals surface area contributed by atoms with Gasteiger partial charge in [0.1, 0.15) is 0 Å². The third-order valence-electron chi connectivity index (χ3n) is 2.28. The van der Waals surface area contributed by atoms with Gasteiger partial charge in [0.25, 0.3) is 0 Å². The van der Waals surface area contributed by atoms with Crippen LogP contribution in [-0.4, -0.2) is 25.9 Å². The highest BCUT2D eigenvalue weighted by Gasteiger charge is 2.16. The molecule has 1 aromatic carbocycles. The molecule has 0 saturated heterocycles. The third kappa shape index (κ3) is 2.55. The zero-order chi connectivity index (χ0) is 11.4. The van der Waals surface area contributed by atoms with Gasteiger partial charge in [-0.25, -0.2) is 0 Å². The van der Waals surface area contributed by atoms with Crippen molar-refractivity contribution in [1.82, 2.24) is 0 Å². The van der Waals surface area contributed by atoms with Crippen LogP contribution in [0.15, 0.2) is 12.1 Å². The summed E-state index contributed by atoms with van der Waals surface area (Å²) in [6.07, 6.45) is 0. The molecule has 0 fully saturated rings. The van der Waals surface area contributed by atoms with Crippen molar-refractivity contribution in [2.45, 2.75) is 12.8 Å². The molecule has 15 heavy (non-hydrogen) atoms. The lowest BCUT2D eigenvalue weighted by Gasteiger charge is -2.16. The molecule has 1 rings (SSSR count). The van der Waals surface area contributed by atoms with Crippen LogP contribution in [0.5, 0.6) is 11.5 Å². The highest BCUT2D eigenvalue weighted by atomic mass is 35.5. The SMILES string of the molecule is COc1cc(Cl)cc(C(C)CO)c1OC. The molecule has 1 atom stereocenters. The van der Waals surface area contributed by atoms with Gasteiger partial charge >= 0.3 is 0 Å². The Morgan fingerprint density at radius 2 is 2.00 bits per heavy atom. The van der Waals surface area contributed by atoms with E-state index in [1.807, 2.05) is 6.92 Å². The zero-order valence-electron chi connectivity index (χ0n) is 9.08. The molecule has 1 unspecified atom stereocenters. The Labute approximate surface area is 94.6 Å². The molecular weight excluding hydrogens is 216 g/mol. The smallest absolute Gasteiger partial charge is 0.164 e. The monoisotopic (exact) mass is 230 g/mol. The van der Waals surface area contributed by atoms with Crippen LogP contribution >= 0.6 is 11.6 Å². The molecule has 3 nitrogen and oxygen atoms in total. The number of rotatable bonds is 4. The molecule has 0 spiro atoms. The van der Waals surface area contributed by atoms with Crippen molar-refractivity contribution in [2.24, 2.45) is 0 Å². The van der Waals surface area contributed by atoms with Crippen LogP contribution in [0.25, 0.3) is 0 Å². The van der Waals surface area contributed by atoms with E-state index < -0.39 is 0 Å². The maximum absolute atomic E-state index is 9.12. The van der Waals surface area contributed by atoms with Crippen LogP contribution in [0.3, 0.4) is 0 Å². The number of hydrogen-bond acceptors (Lipinski definition) is 3. The molecular formula is C11H15ClO3. The van der Waals surface area contributed by atoms with E-state index in [0.717, 1.165) is 5.56 Å². The average molecular weight is 231 g/mol. The van der Waals surface area contributed by atoms with Crippen LogP contribution in [0.1, 0.15) is 18.4 Å². The molecule has 0 bridgehead atoms. The molecule has 1 aromatic rings. The second-order valence-electron chi connectivity index (χ2n) is 3.31. The number of benzene rings is 1. The molecule has 4 heteroatoms. The molecule has 0 aliphatic carbocycles. The van der Waals surface area contributed by atoms with Crippen molar-refractivity contribution in [3.63, 3.8) is 0 Å². The third-order valence-corrected chi connectivity index (χ3v) is 2.50. The van der Waals surface area contributed by atoms with Crippen molar-refractivity contribution >= 4 is 11.6 Å². The fourth-order valence-electron chi connectivity index (χ4n) is 1.42. The number of hydrogen-bond donors (Lipinski definition) is 1. The Balaban J connectivity index is 3.28. The Kier molecular flexibility index (Phi) is 4.24. The molecule has 0 amide bonds. The van der Waals surface area contributed by atoms with Gasteiger partial charge in [-0.3, -0.25) is 0 Å². The number of aliphatic hydroxyl groups excluding tert-OH is 1. The van der Waals surface area contributed by atoms with Gasteiger partial charge in [-0.2, -0.15) is 0 Å². The maximum atomic E-state index is 9.12. The van der Waals surface area contributed by atoms with Crippen molar-refractivity contribution in [3.8, 4) is 11.5 Å². The Morgan fingerprint density at radius 1 is 1.33 bits per heavy atom. The van der Waals surface area contributed by atoms with E-state index in [4.69, 9.17) is 26.2 Å². The maximum Gasteiger partial charge on any atom is 0.164 e. The second kappa shape index (κ2) is 5.24. The van der Waals surface area contributed by atoms with Gasteiger partial charge in [-0.05, 0) is 6.07 Å². The molecule has 0 saturated carbocycles. The lowest BCUT2D eigenvalue weighted by atomic mass is 10.0.